The standard InChI is InChI=1S/C20H19F3N6O3S/c1-24-33(31,32)16-5-3-4-14(10-16)28-18-11-17(25-12-26-18)27-13-6-8-15(9-7-13)29(2)19(30)20(21,22)23/h3-12,24H,1-2H3,(H2,25,26,27,28). The number of anilines is 5. The minimum Gasteiger partial charge on any atom is -0.340 e. The summed E-state index contributed by atoms with van der Waals surface area (Å²) in [5.41, 5.74) is 1.07. The number of alkyl halides is 3. The molecule has 174 valence electrons. The van der Waals surface area contributed by atoms with Crippen molar-refractivity contribution in [3.05, 3.63) is 60.9 Å². The van der Waals surface area contributed by atoms with Crippen LogP contribution in [0.4, 0.5) is 41.9 Å². The average molecular weight is 480 g/mol. The molecule has 9 nitrogen and oxygen atoms in total. The van der Waals surface area contributed by atoms with Crippen molar-refractivity contribution < 1.29 is 26.4 Å². The third kappa shape index (κ3) is 5.96. The minimum absolute atomic E-state index is 0.0734. The zero-order chi connectivity index (χ0) is 24.2. The van der Waals surface area contributed by atoms with Crippen molar-refractivity contribution in [3.8, 4) is 0 Å². The average Bonchev–Trinajstić information content (AvgIpc) is 2.78. The number of carbonyl (C=O) groups excluding carboxylic acids is 1. The van der Waals surface area contributed by atoms with Gasteiger partial charge in [-0.05, 0) is 49.5 Å². The summed E-state index contributed by atoms with van der Waals surface area (Å²) in [6.45, 7) is 0. The van der Waals surface area contributed by atoms with Crippen molar-refractivity contribution in [2.24, 2.45) is 0 Å². The first-order valence-electron chi connectivity index (χ1n) is 9.34. The number of nitrogens with one attached hydrogen (secondary N) is 3. The van der Waals surface area contributed by atoms with E-state index in [2.05, 4.69) is 25.3 Å². The molecule has 0 saturated heterocycles. The zero-order valence-corrected chi connectivity index (χ0v) is 18.2. The van der Waals surface area contributed by atoms with E-state index in [4.69, 9.17) is 0 Å². The van der Waals surface area contributed by atoms with Crippen molar-refractivity contribution in [2.45, 2.75) is 11.1 Å². The number of hydrogen-bond donors (Lipinski definition) is 3. The summed E-state index contributed by atoms with van der Waals surface area (Å²) in [6, 6.07) is 13.4. The van der Waals surface area contributed by atoms with E-state index < -0.39 is 22.1 Å². The first kappa shape index (κ1) is 23.9. The molecular weight excluding hydrogens is 461 g/mol. The molecule has 33 heavy (non-hydrogen) atoms. The number of halogens is 3. The molecule has 1 heterocycles. The molecule has 0 aliphatic rings. The maximum absolute atomic E-state index is 12.6. The van der Waals surface area contributed by atoms with Crippen molar-refractivity contribution in [2.75, 3.05) is 29.6 Å². The van der Waals surface area contributed by atoms with Crippen molar-refractivity contribution in [1.29, 1.82) is 0 Å². The molecule has 1 amide bonds. The lowest BCUT2D eigenvalue weighted by molar-refractivity contribution is -0.170. The number of nitrogens with zero attached hydrogens (tertiary/aromatic N) is 3. The molecule has 0 bridgehead atoms. The predicted octanol–water partition coefficient (Wildman–Crippen LogP) is 3.40. The Labute approximate surface area is 187 Å². The van der Waals surface area contributed by atoms with Crippen LogP contribution in [0.5, 0.6) is 0 Å². The summed E-state index contributed by atoms with van der Waals surface area (Å²) in [7, 11) is -1.25. The third-order valence-electron chi connectivity index (χ3n) is 4.43. The van der Waals surface area contributed by atoms with Crippen LogP contribution in [0.15, 0.2) is 65.8 Å². The van der Waals surface area contributed by atoms with Gasteiger partial charge in [-0.1, -0.05) is 6.07 Å². The molecule has 0 atom stereocenters. The lowest BCUT2D eigenvalue weighted by atomic mass is 10.2. The number of rotatable bonds is 7. The number of benzene rings is 2. The van der Waals surface area contributed by atoms with Crippen molar-refractivity contribution in [1.82, 2.24) is 14.7 Å². The Bertz CT molecular complexity index is 1250. The first-order chi connectivity index (χ1) is 15.5. The molecule has 3 aromatic rings. The van der Waals surface area contributed by atoms with Crippen LogP contribution >= 0.6 is 0 Å². The Balaban J connectivity index is 1.72. The monoisotopic (exact) mass is 480 g/mol. The quantitative estimate of drug-likeness (QED) is 0.475. The summed E-state index contributed by atoms with van der Waals surface area (Å²) in [6.07, 6.45) is -3.68. The lowest BCUT2D eigenvalue weighted by Gasteiger charge is -2.19. The highest BCUT2D eigenvalue weighted by molar-refractivity contribution is 7.89. The lowest BCUT2D eigenvalue weighted by Crippen LogP contribution is -2.38. The van der Waals surface area contributed by atoms with Crippen LogP contribution in [-0.4, -0.2) is 44.6 Å². The summed E-state index contributed by atoms with van der Waals surface area (Å²) < 4.78 is 63.9. The summed E-state index contributed by atoms with van der Waals surface area (Å²) in [5.74, 6) is -1.22. The van der Waals surface area contributed by atoms with Crippen LogP contribution in [0, 0.1) is 0 Å². The first-order valence-corrected chi connectivity index (χ1v) is 10.8. The molecule has 1 aromatic heterocycles. The van der Waals surface area contributed by atoms with Gasteiger partial charge in [-0.25, -0.2) is 23.1 Å². The van der Waals surface area contributed by atoms with Crippen molar-refractivity contribution >= 4 is 44.6 Å². The van der Waals surface area contributed by atoms with Gasteiger partial charge in [0.15, 0.2) is 0 Å². The van der Waals surface area contributed by atoms with Gasteiger partial charge in [0.1, 0.15) is 18.0 Å². The number of aromatic nitrogens is 2. The second kappa shape index (κ2) is 9.42. The van der Waals surface area contributed by atoms with Gasteiger partial charge in [0, 0.05) is 30.2 Å². The van der Waals surface area contributed by atoms with Crippen LogP contribution in [0.2, 0.25) is 0 Å². The Hall–Kier alpha value is -3.71. The van der Waals surface area contributed by atoms with E-state index in [1.165, 1.54) is 49.8 Å². The third-order valence-corrected chi connectivity index (χ3v) is 5.84. The van der Waals surface area contributed by atoms with E-state index in [1.54, 1.807) is 18.2 Å². The molecular formula is C20H19F3N6O3S. The van der Waals surface area contributed by atoms with E-state index >= 15 is 0 Å². The van der Waals surface area contributed by atoms with E-state index in [1.807, 2.05) is 0 Å². The van der Waals surface area contributed by atoms with Gasteiger partial charge in [-0.3, -0.25) is 4.79 Å². The highest BCUT2D eigenvalue weighted by Crippen LogP contribution is 2.25. The topological polar surface area (TPSA) is 116 Å². The number of sulfonamides is 1. The second-order valence-corrected chi connectivity index (χ2v) is 8.57. The molecule has 0 aliphatic carbocycles. The van der Waals surface area contributed by atoms with E-state index in [-0.39, 0.29) is 10.6 Å². The van der Waals surface area contributed by atoms with Gasteiger partial charge in [0.05, 0.1) is 4.90 Å². The van der Waals surface area contributed by atoms with Crippen molar-refractivity contribution in [3.63, 3.8) is 0 Å². The minimum atomic E-state index is -4.97. The van der Waals surface area contributed by atoms with Crippen LogP contribution in [0.1, 0.15) is 0 Å². The molecule has 2 aromatic carbocycles. The van der Waals surface area contributed by atoms with E-state index in [0.717, 1.165) is 7.05 Å². The highest BCUT2D eigenvalue weighted by atomic mass is 32.2. The summed E-state index contributed by atoms with van der Waals surface area (Å²) in [4.78, 5) is 20.1. The molecule has 0 unspecified atom stereocenters. The number of carbonyl (C=O) groups is 1. The van der Waals surface area contributed by atoms with Gasteiger partial charge >= 0.3 is 12.1 Å². The fourth-order valence-electron chi connectivity index (χ4n) is 2.72. The molecule has 3 rings (SSSR count). The van der Waals surface area contributed by atoms with Crippen LogP contribution in [-0.2, 0) is 14.8 Å². The highest BCUT2D eigenvalue weighted by Gasteiger charge is 2.41. The summed E-state index contributed by atoms with van der Waals surface area (Å²) in [5, 5.41) is 5.96. The van der Waals surface area contributed by atoms with Gasteiger partial charge in [-0.15, -0.1) is 0 Å². The Morgan fingerprint density at radius 2 is 1.55 bits per heavy atom. The van der Waals surface area contributed by atoms with Gasteiger partial charge in [0.25, 0.3) is 0 Å². The summed E-state index contributed by atoms with van der Waals surface area (Å²) >= 11 is 0. The molecule has 0 fully saturated rings. The normalized spacial score (nSPS) is 11.7. The maximum Gasteiger partial charge on any atom is 0.471 e. The molecule has 0 radical (unpaired) electrons. The van der Waals surface area contributed by atoms with Gasteiger partial charge in [0.2, 0.25) is 10.0 Å². The fourth-order valence-corrected chi connectivity index (χ4v) is 3.50. The SMILES string of the molecule is CNS(=O)(=O)c1cccc(Nc2cc(Nc3ccc(N(C)C(=O)C(F)(F)F)cc3)ncn2)c1. The Morgan fingerprint density at radius 3 is 2.12 bits per heavy atom. The molecule has 0 spiro atoms. The molecule has 0 aliphatic heterocycles. The van der Waals surface area contributed by atoms with Gasteiger partial charge < -0.3 is 15.5 Å². The number of amides is 1. The Kier molecular flexibility index (Phi) is 6.84. The van der Waals surface area contributed by atoms with Crippen LogP contribution < -0.4 is 20.3 Å². The molecule has 3 N–H and O–H groups in total. The molecule has 0 saturated carbocycles. The second-order valence-electron chi connectivity index (χ2n) is 6.68. The zero-order valence-electron chi connectivity index (χ0n) is 17.4. The fraction of sp³-hybridized carbons (Fsp3) is 0.150. The maximum atomic E-state index is 12.6. The van der Waals surface area contributed by atoms with Crippen LogP contribution in [0.25, 0.3) is 0 Å². The van der Waals surface area contributed by atoms with E-state index in [9.17, 15) is 26.4 Å². The van der Waals surface area contributed by atoms with Gasteiger partial charge in [-0.2, -0.15) is 13.2 Å². The number of hydrogen-bond acceptors (Lipinski definition) is 7. The predicted molar refractivity (Wildman–Crippen MR) is 117 cm³/mol. The smallest absolute Gasteiger partial charge is 0.340 e. The van der Waals surface area contributed by atoms with E-state index in [0.29, 0.717) is 27.9 Å². The Morgan fingerprint density at radius 1 is 0.939 bits per heavy atom. The van der Waals surface area contributed by atoms with Crippen LogP contribution in [0.3, 0.4) is 0 Å². The largest absolute Gasteiger partial charge is 0.471 e. The molecule has 13 heteroatoms.